The third-order valence-electron chi connectivity index (χ3n) is 2.50. The molecule has 21 heavy (non-hydrogen) atoms. The van der Waals surface area contributed by atoms with Crippen molar-refractivity contribution >= 4 is 11.9 Å². The first-order chi connectivity index (χ1) is 10.1. The lowest BCUT2D eigenvalue weighted by Crippen LogP contribution is -2.23. The van der Waals surface area contributed by atoms with Crippen molar-refractivity contribution in [2.75, 3.05) is 6.54 Å². The highest BCUT2D eigenvalue weighted by molar-refractivity contribution is 5.92. The van der Waals surface area contributed by atoms with Gasteiger partial charge >= 0.3 is 5.97 Å². The molecule has 0 unspecified atom stereocenters. The molecule has 2 heterocycles. The van der Waals surface area contributed by atoms with Gasteiger partial charge in [-0.15, -0.1) is 0 Å². The number of rotatable bonds is 5. The van der Waals surface area contributed by atoms with E-state index in [-0.39, 0.29) is 22.9 Å². The lowest BCUT2D eigenvalue weighted by atomic mass is 10.3. The Morgan fingerprint density at radius 3 is 2.81 bits per heavy atom. The van der Waals surface area contributed by atoms with Gasteiger partial charge in [-0.25, -0.2) is 4.79 Å². The van der Waals surface area contributed by atoms with Crippen LogP contribution in [0.5, 0.6) is 11.5 Å². The number of aromatic carboxylic acids is 1. The molecular formula is C14H13N3O4. The number of ether oxygens (including phenoxy) is 1. The Labute approximate surface area is 120 Å². The number of hydrogen-bond acceptors (Lipinski definition) is 5. The summed E-state index contributed by atoms with van der Waals surface area (Å²) in [6, 6.07) is 4.39. The Morgan fingerprint density at radius 1 is 1.29 bits per heavy atom. The van der Waals surface area contributed by atoms with Crippen molar-refractivity contribution in [1.82, 2.24) is 15.3 Å². The van der Waals surface area contributed by atoms with Gasteiger partial charge < -0.3 is 15.2 Å². The van der Waals surface area contributed by atoms with Gasteiger partial charge in [-0.05, 0) is 19.1 Å². The van der Waals surface area contributed by atoms with Crippen LogP contribution in [0.4, 0.5) is 0 Å². The second-order valence-corrected chi connectivity index (χ2v) is 4.05. The number of hydrogen-bond donors (Lipinski definition) is 2. The molecule has 0 spiro atoms. The maximum Gasteiger partial charge on any atom is 0.337 e. The molecule has 2 rings (SSSR count). The molecule has 7 heteroatoms. The number of nitrogens with one attached hydrogen (secondary N) is 1. The minimum atomic E-state index is -1.09. The second kappa shape index (κ2) is 6.47. The average molecular weight is 287 g/mol. The van der Waals surface area contributed by atoms with Gasteiger partial charge in [0.25, 0.3) is 5.91 Å². The van der Waals surface area contributed by atoms with Crippen molar-refractivity contribution in [3.8, 4) is 11.5 Å². The molecular weight excluding hydrogens is 274 g/mol. The number of aromatic nitrogens is 2. The van der Waals surface area contributed by atoms with Gasteiger partial charge in [0.1, 0.15) is 17.2 Å². The zero-order valence-electron chi connectivity index (χ0n) is 11.2. The van der Waals surface area contributed by atoms with E-state index >= 15 is 0 Å². The predicted molar refractivity (Wildman–Crippen MR) is 73.5 cm³/mol. The zero-order valence-corrected chi connectivity index (χ0v) is 11.2. The molecule has 2 N–H and O–H groups in total. The molecule has 7 nitrogen and oxygen atoms in total. The van der Waals surface area contributed by atoms with Crippen LogP contribution >= 0.6 is 0 Å². The molecule has 0 bridgehead atoms. The highest BCUT2D eigenvalue weighted by Gasteiger charge is 2.09. The molecule has 0 fully saturated rings. The van der Waals surface area contributed by atoms with Gasteiger partial charge in [-0.1, -0.05) is 0 Å². The highest BCUT2D eigenvalue weighted by Crippen LogP contribution is 2.21. The first kappa shape index (κ1) is 14.4. The van der Waals surface area contributed by atoms with E-state index in [2.05, 4.69) is 15.3 Å². The van der Waals surface area contributed by atoms with Gasteiger partial charge in [0, 0.05) is 25.0 Å². The number of pyridine rings is 2. The molecule has 2 aromatic heterocycles. The first-order valence-corrected chi connectivity index (χ1v) is 6.20. The van der Waals surface area contributed by atoms with Crippen molar-refractivity contribution < 1.29 is 19.4 Å². The summed E-state index contributed by atoms with van der Waals surface area (Å²) < 4.78 is 5.49. The van der Waals surface area contributed by atoms with Crippen LogP contribution in [-0.4, -0.2) is 33.5 Å². The number of carbonyl (C=O) groups is 2. The molecule has 0 aromatic carbocycles. The van der Waals surface area contributed by atoms with Crippen LogP contribution in [0.1, 0.15) is 27.8 Å². The minimum absolute atomic E-state index is 0.0190. The molecule has 0 saturated heterocycles. The SMILES string of the molecule is CCNC(=O)c1cc(Oc2cncc(C(=O)O)c2)ccn1. The normalized spacial score (nSPS) is 9.95. The van der Waals surface area contributed by atoms with Crippen LogP contribution in [-0.2, 0) is 0 Å². The van der Waals surface area contributed by atoms with Gasteiger partial charge in [-0.3, -0.25) is 14.8 Å². The van der Waals surface area contributed by atoms with Crippen LogP contribution in [0.2, 0.25) is 0 Å². The standard InChI is InChI=1S/C14H13N3O4/c1-2-16-13(18)12-6-10(3-4-17-12)21-11-5-9(14(19)20)7-15-8-11/h3-8H,2H2,1H3,(H,16,18)(H,19,20). The van der Waals surface area contributed by atoms with Crippen molar-refractivity contribution in [3.05, 3.63) is 48.0 Å². The van der Waals surface area contributed by atoms with Crippen molar-refractivity contribution in [2.45, 2.75) is 6.92 Å². The quantitative estimate of drug-likeness (QED) is 0.868. The summed E-state index contributed by atoms with van der Waals surface area (Å²) in [5.74, 6) is -0.760. The fraction of sp³-hybridized carbons (Fsp3) is 0.143. The van der Waals surface area contributed by atoms with Gasteiger partial charge in [0.15, 0.2) is 0 Å². The van der Waals surface area contributed by atoms with E-state index < -0.39 is 5.97 Å². The van der Waals surface area contributed by atoms with Crippen molar-refractivity contribution in [2.24, 2.45) is 0 Å². The van der Waals surface area contributed by atoms with E-state index in [1.165, 1.54) is 30.7 Å². The van der Waals surface area contributed by atoms with Gasteiger partial charge in [-0.2, -0.15) is 0 Å². The molecule has 0 aliphatic rings. The third kappa shape index (κ3) is 3.75. The number of carboxylic acids is 1. The van der Waals surface area contributed by atoms with Gasteiger partial charge in [0.2, 0.25) is 0 Å². The average Bonchev–Trinajstić information content (AvgIpc) is 2.48. The topological polar surface area (TPSA) is 101 Å². The molecule has 0 aliphatic heterocycles. The first-order valence-electron chi connectivity index (χ1n) is 6.20. The number of carboxylic acid groups (broad SMARTS) is 1. The third-order valence-corrected chi connectivity index (χ3v) is 2.50. The van der Waals surface area contributed by atoms with E-state index in [1.54, 1.807) is 13.0 Å². The molecule has 0 saturated carbocycles. The summed E-state index contributed by atoms with van der Waals surface area (Å²) in [7, 11) is 0. The fourth-order valence-corrected chi connectivity index (χ4v) is 1.58. The fourth-order valence-electron chi connectivity index (χ4n) is 1.58. The van der Waals surface area contributed by atoms with Crippen LogP contribution < -0.4 is 10.1 Å². The molecule has 108 valence electrons. The Balaban J connectivity index is 2.20. The Kier molecular flexibility index (Phi) is 4.45. The Morgan fingerprint density at radius 2 is 2.10 bits per heavy atom. The summed E-state index contributed by atoms with van der Waals surface area (Å²) >= 11 is 0. The lowest BCUT2D eigenvalue weighted by Gasteiger charge is -2.07. The van der Waals surface area contributed by atoms with E-state index in [0.717, 1.165) is 0 Å². The van der Waals surface area contributed by atoms with Crippen LogP contribution in [0.25, 0.3) is 0 Å². The minimum Gasteiger partial charge on any atom is -0.478 e. The second-order valence-electron chi connectivity index (χ2n) is 4.05. The zero-order chi connectivity index (χ0) is 15.2. The van der Waals surface area contributed by atoms with E-state index in [0.29, 0.717) is 12.3 Å². The number of nitrogens with zero attached hydrogens (tertiary/aromatic N) is 2. The summed E-state index contributed by atoms with van der Waals surface area (Å²) in [4.78, 5) is 30.3. The highest BCUT2D eigenvalue weighted by atomic mass is 16.5. The molecule has 1 amide bonds. The monoisotopic (exact) mass is 287 g/mol. The van der Waals surface area contributed by atoms with Crippen molar-refractivity contribution in [1.29, 1.82) is 0 Å². The molecule has 0 radical (unpaired) electrons. The van der Waals surface area contributed by atoms with Crippen LogP contribution in [0.15, 0.2) is 36.8 Å². The molecule has 0 atom stereocenters. The lowest BCUT2D eigenvalue weighted by molar-refractivity contribution is 0.0695. The number of amides is 1. The van der Waals surface area contributed by atoms with Gasteiger partial charge in [0.05, 0.1) is 11.8 Å². The Hall–Kier alpha value is -2.96. The Bertz CT molecular complexity index is 673. The summed E-state index contributed by atoms with van der Waals surface area (Å²) in [6.07, 6.45) is 4.05. The molecule has 2 aromatic rings. The van der Waals surface area contributed by atoms with E-state index in [4.69, 9.17) is 9.84 Å². The smallest absolute Gasteiger partial charge is 0.337 e. The largest absolute Gasteiger partial charge is 0.478 e. The summed E-state index contributed by atoms with van der Waals surface area (Å²) in [5.41, 5.74) is 0.238. The van der Waals surface area contributed by atoms with E-state index in [1.807, 2.05) is 0 Å². The number of carbonyl (C=O) groups excluding carboxylic acids is 1. The maximum atomic E-state index is 11.7. The van der Waals surface area contributed by atoms with E-state index in [9.17, 15) is 9.59 Å². The summed E-state index contributed by atoms with van der Waals surface area (Å²) in [5, 5.41) is 11.5. The van der Waals surface area contributed by atoms with Crippen LogP contribution in [0.3, 0.4) is 0 Å². The van der Waals surface area contributed by atoms with Crippen molar-refractivity contribution in [3.63, 3.8) is 0 Å². The molecule has 0 aliphatic carbocycles. The maximum absolute atomic E-state index is 11.7. The summed E-state index contributed by atoms with van der Waals surface area (Å²) in [6.45, 7) is 2.30. The van der Waals surface area contributed by atoms with Crippen LogP contribution in [0, 0.1) is 0 Å². The predicted octanol–water partition coefficient (Wildman–Crippen LogP) is 1.72.